The molecule has 224 valence electrons. The van der Waals surface area contributed by atoms with Crippen molar-refractivity contribution in [2.24, 2.45) is 0 Å². The maximum Gasteiger partial charge on any atom is 0.460 e. The van der Waals surface area contributed by atoms with Crippen molar-refractivity contribution >= 4 is 11.8 Å². The highest BCUT2D eigenvalue weighted by atomic mass is 32.2. The van der Waals surface area contributed by atoms with Crippen LogP contribution < -0.4 is 0 Å². The molecule has 0 aromatic heterocycles. The predicted molar refractivity (Wildman–Crippen MR) is 117 cm³/mol. The van der Waals surface area contributed by atoms with Crippen molar-refractivity contribution in [3.05, 3.63) is 0 Å². The molecule has 0 aliphatic rings. The summed E-state index contributed by atoms with van der Waals surface area (Å²) in [5, 5.41) is 0. The van der Waals surface area contributed by atoms with Gasteiger partial charge in [-0.05, 0) is 18.6 Å². The summed E-state index contributed by atoms with van der Waals surface area (Å²) in [6.07, 6.45) is -0.834. The lowest BCUT2D eigenvalue weighted by Crippen LogP contribution is -2.70. The second-order valence-electron chi connectivity index (χ2n) is 9.72. The smallest absolute Gasteiger partial charge is 0.328 e. The monoisotopic (exact) mass is 592 g/mol. The Morgan fingerprint density at radius 1 is 0.514 bits per heavy atom. The molecule has 0 saturated heterocycles. The van der Waals surface area contributed by atoms with E-state index >= 15 is 0 Å². The number of nitrogens with zero attached hydrogens (tertiary/aromatic N) is 1. The van der Waals surface area contributed by atoms with E-state index in [2.05, 4.69) is 6.92 Å². The van der Waals surface area contributed by atoms with E-state index in [-0.39, 0.29) is 5.75 Å². The molecule has 15 heteroatoms. The third-order valence-corrected chi connectivity index (χ3v) is 6.98. The zero-order chi connectivity index (χ0) is 29.4. The van der Waals surface area contributed by atoms with Crippen LogP contribution in [0, 0.1) is 0 Å². The minimum absolute atomic E-state index is 0.102. The van der Waals surface area contributed by atoms with Gasteiger partial charge >= 0.3 is 35.8 Å². The summed E-state index contributed by atoms with van der Waals surface area (Å²) in [5.74, 6) is -37.3. The number of alkyl halides is 13. The number of rotatable bonds is 19. The fraction of sp³-hybridized carbons (Fsp3) is 1.00. The molecule has 0 aliphatic heterocycles. The van der Waals surface area contributed by atoms with Gasteiger partial charge in [0.15, 0.2) is 0 Å². The Labute approximate surface area is 213 Å². The zero-order valence-corrected chi connectivity index (χ0v) is 21.8. The molecule has 0 N–H and O–H groups in total. The van der Waals surface area contributed by atoms with Crippen LogP contribution in [0.5, 0.6) is 0 Å². The lowest BCUT2D eigenvalue weighted by molar-refractivity contribution is -0.888. The minimum Gasteiger partial charge on any atom is -0.328 e. The molecule has 0 atom stereocenters. The predicted octanol–water partition coefficient (Wildman–Crippen LogP) is 9.07. The normalized spacial score (nSPS) is 14.9. The number of hydrogen-bond donors (Lipinski definition) is 0. The van der Waals surface area contributed by atoms with Gasteiger partial charge in [0.05, 0.1) is 27.2 Å². The van der Waals surface area contributed by atoms with E-state index in [1.807, 2.05) is 14.1 Å². The van der Waals surface area contributed by atoms with Crippen LogP contribution in [-0.4, -0.2) is 79.0 Å². The number of halogens is 13. The number of thioether (sulfide) groups is 1. The minimum atomic E-state index is -7.84. The van der Waals surface area contributed by atoms with Crippen LogP contribution in [0.4, 0.5) is 57.1 Å². The van der Waals surface area contributed by atoms with Crippen molar-refractivity contribution in [3.8, 4) is 0 Å². The van der Waals surface area contributed by atoms with E-state index < -0.39 is 48.0 Å². The van der Waals surface area contributed by atoms with Crippen LogP contribution in [0.1, 0.15) is 64.7 Å². The Morgan fingerprint density at radius 3 is 1.41 bits per heavy atom. The molecule has 0 unspecified atom stereocenters. The van der Waals surface area contributed by atoms with E-state index in [0.717, 1.165) is 45.1 Å². The van der Waals surface area contributed by atoms with Gasteiger partial charge in [0, 0.05) is 12.2 Å². The van der Waals surface area contributed by atoms with E-state index in [4.69, 9.17) is 0 Å². The highest BCUT2D eigenvalue weighted by molar-refractivity contribution is 7.99. The van der Waals surface area contributed by atoms with Gasteiger partial charge in [0.2, 0.25) is 0 Å². The first-order valence-corrected chi connectivity index (χ1v) is 13.0. The molecule has 1 nitrogen and oxygen atoms in total. The fourth-order valence-corrected chi connectivity index (χ4v) is 4.59. The van der Waals surface area contributed by atoms with E-state index in [9.17, 15) is 57.1 Å². The van der Waals surface area contributed by atoms with Gasteiger partial charge in [-0.1, -0.05) is 45.4 Å². The first-order valence-electron chi connectivity index (χ1n) is 11.9. The first-order chi connectivity index (χ1) is 16.5. The van der Waals surface area contributed by atoms with Crippen LogP contribution in [-0.2, 0) is 0 Å². The van der Waals surface area contributed by atoms with Gasteiger partial charge in [-0.25, -0.2) is 0 Å². The van der Waals surface area contributed by atoms with Crippen LogP contribution in [0.3, 0.4) is 0 Å². The second-order valence-corrected chi connectivity index (χ2v) is 10.9. The maximum atomic E-state index is 13.8. The molecule has 0 bridgehead atoms. The molecule has 0 radical (unpaired) electrons. The summed E-state index contributed by atoms with van der Waals surface area (Å²) < 4.78 is 171. The average molecular weight is 593 g/mol. The Balaban J connectivity index is 4.80. The van der Waals surface area contributed by atoms with Crippen molar-refractivity contribution in [2.45, 2.75) is 101 Å². The lowest BCUT2D eigenvalue weighted by Gasteiger charge is -2.39. The summed E-state index contributed by atoms with van der Waals surface area (Å²) in [6.45, 7) is 3.21. The maximum absolute atomic E-state index is 13.8. The van der Waals surface area contributed by atoms with Gasteiger partial charge in [0.25, 0.3) is 0 Å². The van der Waals surface area contributed by atoms with Crippen molar-refractivity contribution in [3.63, 3.8) is 0 Å². The van der Waals surface area contributed by atoms with Gasteiger partial charge < -0.3 is 4.48 Å². The van der Waals surface area contributed by atoms with Crippen molar-refractivity contribution in [2.75, 3.05) is 38.7 Å². The standard InChI is InChI=1S/C22H35F13NS/c1-4-5-6-7-8-9-10-11-13-36(2,3)14-16-37-15-12-17(23,24)18(25,26)19(27,28)20(29,30)21(31,32)22(33,34)35/h4-16H2,1-3H3/q+1. The molecule has 0 heterocycles. The lowest BCUT2D eigenvalue weighted by atomic mass is 9.93. The molecule has 0 fully saturated rings. The summed E-state index contributed by atoms with van der Waals surface area (Å²) in [6, 6.07) is 0. The van der Waals surface area contributed by atoms with Gasteiger partial charge in [-0.3, -0.25) is 0 Å². The van der Waals surface area contributed by atoms with Gasteiger partial charge in [-0.2, -0.15) is 68.8 Å². The highest BCUT2D eigenvalue weighted by Gasteiger charge is 2.90. The van der Waals surface area contributed by atoms with Crippen molar-refractivity contribution < 1.29 is 61.6 Å². The molecule has 0 aliphatic carbocycles. The Hall–Kier alpha value is -0.600. The molecule has 0 rings (SSSR count). The zero-order valence-electron chi connectivity index (χ0n) is 21.0. The molecular formula is C22H35F13NS+. The molecular weight excluding hydrogens is 557 g/mol. The van der Waals surface area contributed by atoms with Gasteiger partial charge in [0.1, 0.15) is 0 Å². The molecule has 0 spiro atoms. The van der Waals surface area contributed by atoms with Crippen molar-refractivity contribution in [1.82, 2.24) is 0 Å². The Kier molecular flexibility index (Phi) is 13.4. The molecule has 0 saturated carbocycles. The van der Waals surface area contributed by atoms with Crippen LogP contribution in [0.25, 0.3) is 0 Å². The first kappa shape index (κ1) is 36.4. The fourth-order valence-electron chi connectivity index (χ4n) is 3.36. The average Bonchev–Trinajstić information content (AvgIpc) is 2.73. The third kappa shape index (κ3) is 9.23. The summed E-state index contributed by atoms with van der Waals surface area (Å²) >= 11 is 0.616. The summed E-state index contributed by atoms with van der Waals surface area (Å²) in [7, 11) is 3.65. The topological polar surface area (TPSA) is 0 Å². The SMILES string of the molecule is CCCCCCCCCC[N+](C)(C)CCSCCC(F)(F)C(F)(F)C(F)(F)C(F)(F)C(F)(F)C(F)(F)F. The van der Waals surface area contributed by atoms with E-state index in [1.54, 1.807) is 0 Å². The number of quaternary nitrogens is 1. The summed E-state index contributed by atoms with van der Waals surface area (Å²) in [5.41, 5.74) is 0. The van der Waals surface area contributed by atoms with Gasteiger partial charge in [-0.15, -0.1) is 0 Å². The largest absolute Gasteiger partial charge is 0.460 e. The Morgan fingerprint density at radius 2 is 0.946 bits per heavy atom. The van der Waals surface area contributed by atoms with E-state index in [1.165, 1.54) is 12.8 Å². The number of unbranched alkanes of at least 4 members (excludes halogenated alkanes) is 7. The van der Waals surface area contributed by atoms with Crippen LogP contribution >= 0.6 is 11.8 Å². The van der Waals surface area contributed by atoms with Crippen molar-refractivity contribution in [1.29, 1.82) is 0 Å². The second kappa shape index (κ2) is 13.6. The third-order valence-electron chi connectivity index (χ3n) is 6.02. The van der Waals surface area contributed by atoms with Crippen LogP contribution in [0.2, 0.25) is 0 Å². The molecule has 37 heavy (non-hydrogen) atoms. The van der Waals surface area contributed by atoms with E-state index in [0.29, 0.717) is 22.8 Å². The number of hydrogen-bond acceptors (Lipinski definition) is 1. The molecule has 0 aromatic rings. The highest BCUT2D eigenvalue weighted by Crippen LogP contribution is 2.60. The molecule has 0 amide bonds. The quantitative estimate of drug-likeness (QED) is 0.0820. The summed E-state index contributed by atoms with van der Waals surface area (Å²) in [4.78, 5) is 0. The molecule has 0 aromatic carbocycles. The van der Waals surface area contributed by atoms with Crippen LogP contribution in [0.15, 0.2) is 0 Å². The Bertz CT molecular complexity index is 663.